The van der Waals surface area contributed by atoms with Crippen molar-refractivity contribution in [3.8, 4) is 11.8 Å². The Morgan fingerprint density at radius 2 is 1.92 bits per heavy atom. The predicted molar refractivity (Wildman–Crippen MR) is 92.0 cm³/mol. The Labute approximate surface area is 138 Å². The molecule has 5 nitrogen and oxygen atoms in total. The first-order valence-electron chi connectivity index (χ1n) is 7.63. The summed E-state index contributed by atoms with van der Waals surface area (Å²) in [5, 5.41) is 22.8. The molecule has 1 heterocycles. The van der Waals surface area contributed by atoms with Crippen molar-refractivity contribution >= 4 is 16.7 Å². The van der Waals surface area contributed by atoms with Gasteiger partial charge in [0.05, 0.1) is 11.6 Å². The third kappa shape index (κ3) is 3.08. The maximum Gasteiger partial charge on any atom is 0.336 e. The van der Waals surface area contributed by atoms with E-state index in [1.165, 1.54) is 12.1 Å². The van der Waals surface area contributed by atoms with Crippen molar-refractivity contribution in [3.63, 3.8) is 0 Å². The molecule has 0 amide bonds. The fraction of sp³-hybridized carbons (Fsp3) is 0.158. The number of hydrogen-bond acceptors (Lipinski definition) is 5. The van der Waals surface area contributed by atoms with Gasteiger partial charge in [0.25, 0.3) is 0 Å². The summed E-state index contributed by atoms with van der Waals surface area (Å²) in [5.41, 5.74) is 2.95. The van der Waals surface area contributed by atoms with Gasteiger partial charge in [-0.05, 0) is 47.9 Å². The zero-order chi connectivity index (χ0) is 17.1. The largest absolute Gasteiger partial charge is 0.508 e. The normalized spacial score (nSPS) is 10.5. The van der Waals surface area contributed by atoms with Gasteiger partial charge in [0.15, 0.2) is 0 Å². The van der Waals surface area contributed by atoms with Gasteiger partial charge in [0, 0.05) is 29.8 Å². The molecule has 0 aliphatic rings. The summed E-state index contributed by atoms with van der Waals surface area (Å²) in [6.45, 7) is 2.39. The molecule has 0 saturated carbocycles. The summed E-state index contributed by atoms with van der Waals surface area (Å²) < 4.78 is 5.19. The summed E-state index contributed by atoms with van der Waals surface area (Å²) in [6, 6.07) is 14.0. The zero-order valence-corrected chi connectivity index (χ0v) is 13.2. The standard InChI is InChI=1S/C19H16N2O3/c1-2-13-7-16-14(8-19(23)24-18(16)9-17(13)22)11-21-15-5-3-12(10-20)4-6-15/h3-9,21-22H,2,11H2,1H3. The van der Waals surface area contributed by atoms with Gasteiger partial charge in [0.2, 0.25) is 0 Å². The first kappa shape index (κ1) is 15.6. The molecular formula is C19H16N2O3. The molecule has 0 fully saturated rings. The van der Waals surface area contributed by atoms with Gasteiger partial charge in [-0.2, -0.15) is 5.26 Å². The van der Waals surface area contributed by atoms with Crippen LogP contribution in [-0.4, -0.2) is 5.11 Å². The van der Waals surface area contributed by atoms with Crippen LogP contribution >= 0.6 is 0 Å². The molecule has 0 saturated heterocycles. The van der Waals surface area contributed by atoms with Crippen LogP contribution in [0.15, 0.2) is 51.7 Å². The van der Waals surface area contributed by atoms with Crippen molar-refractivity contribution < 1.29 is 9.52 Å². The van der Waals surface area contributed by atoms with E-state index in [0.29, 0.717) is 24.1 Å². The van der Waals surface area contributed by atoms with Crippen LogP contribution in [0.5, 0.6) is 5.75 Å². The summed E-state index contributed by atoms with van der Waals surface area (Å²) in [6.07, 6.45) is 0.684. The number of aromatic hydroxyl groups is 1. The van der Waals surface area contributed by atoms with E-state index in [-0.39, 0.29) is 5.75 Å². The van der Waals surface area contributed by atoms with Crippen molar-refractivity contribution in [2.75, 3.05) is 5.32 Å². The highest BCUT2D eigenvalue weighted by Gasteiger charge is 2.10. The highest BCUT2D eigenvalue weighted by atomic mass is 16.4. The van der Waals surface area contributed by atoms with Crippen molar-refractivity contribution in [1.29, 1.82) is 5.26 Å². The van der Waals surface area contributed by atoms with Crippen LogP contribution in [0.1, 0.15) is 23.6 Å². The van der Waals surface area contributed by atoms with Crippen LogP contribution in [0.3, 0.4) is 0 Å². The number of nitrogens with zero attached hydrogens (tertiary/aromatic N) is 1. The summed E-state index contributed by atoms with van der Waals surface area (Å²) >= 11 is 0. The maximum absolute atomic E-state index is 11.8. The molecule has 0 radical (unpaired) electrons. The Hall–Kier alpha value is -3.26. The van der Waals surface area contributed by atoms with Crippen molar-refractivity contribution in [2.45, 2.75) is 19.9 Å². The van der Waals surface area contributed by atoms with Gasteiger partial charge in [-0.25, -0.2) is 4.79 Å². The number of phenolic OH excluding ortho intramolecular Hbond substituents is 1. The molecule has 0 unspecified atom stereocenters. The quantitative estimate of drug-likeness (QED) is 0.718. The number of anilines is 1. The van der Waals surface area contributed by atoms with Gasteiger partial charge >= 0.3 is 5.63 Å². The van der Waals surface area contributed by atoms with Crippen LogP contribution in [0.4, 0.5) is 5.69 Å². The molecule has 5 heteroatoms. The summed E-state index contributed by atoms with van der Waals surface area (Å²) in [7, 11) is 0. The molecule has 0 aliphatic carbocycles. The van der Waals surface area contributed by atoms with Gasteiger partial charge in [-0.15, -0.1) is 0 Å². The molecule has 120 valence electrons. The first-order chi connectivity index (χ1) is 11.6. The van der Waals surface area contributed by atoms with E-state index in [0.717, 1.165) is 22.2 Å². The van der Waals surface area contributed by atoms with Crippen LogP contribution in [-0.2, 0) is 13.0 Å². The number of benzene rings is 2. The second-order valence-corrected chi connectivity index (χ2v) is 5.46. The van der Waals surface area contributed by atoms with E-state index >= 15 is 0 Å². The number of aryl methyl sites for hydroxylation is 1. The predicted octanol–water partition coefficient (Wildman–Crippen LogP) is 3.54. The Bertz CT molecular complexity index is 982. The number of nitriles is 1. The number of fused-ring (bicyclic) bond motifs is 1. The van der Waals surface area contributed by atoms with E-state index in [4.69, 9.17) is 9.68 Å². The lowest BCUT2D eigenvalue weighted by Crippen LogP contribution is -2.06. The second-order valence-electron chi connectivity index (χ2n) is 5.46. The molecule has 3 rings (SSSR count). The highest BCUT2D eigenvalue weighted by Crippen LogP contribution is 2.27. The summed E-state index contributed by atoms with van der Waals surface area (Å²) in [4.78, 5) is 11.8. The first-order valence-corrected chi connectivity index (χ1v) is 7.63. The molecular weight excluding hydrogens is 304 g/mol. The van der Waals surface area contributed by atoms with Gasteiger partial charge in [0.1, 0.15) is 11.3 Å². The lowest BCUT2D eigenvalue weighted by atomic mass is 10.0. The van der Waals surface area contributed by atoms with Crippen LogP contribution in [0.2, 0.25) is 0 Å². The van der Waals surface area contributed by atoms with E-state index < -0.39 is 5.63 Å². The van der Waals surface area contributed by atoms with Gasteiger partial charge in [-0.1, -0.05) is 6.92 Å². The minimum absolute atomic E-state index is 0.130. The highest BCUT2D eigenvalue weighted by molar-refractivity contribution is 5.83. The molecule has 2 N–H and O–H groups in total. The van der Waals surface area contributed by atoms with Crippen LogP contribution in [0, 0.1) is 11.3 Å². The molecule has 0 spiro atoms. The topological polar surface area (TPSA) is 86.3 Å². The fourth-order valence-electron chi connectivity index (χ4n) is 2.60. The molecule has 0 aliphatic heterocycles. The second kappa shape index (κ2) is 6.47. The molecule has 0 atom stereocenters. The monoisotopic (exact) mass is 320 g/mol. The Balaban J connectivity index is 1.95. The van der Waals surface area contributed by atoms with Crippen molar-refractivity contribution in [3.05, 3.63) is 69.6 Å². The van der Waals surface area contributed by atoms with Crippen LogP contribution in [0.25, 0.3) is 11.0 Å². The number of rotatable bonds is 4. The Kier molecular flexibility index (Phi) is 4.21. The third-order valence-corrected chi connectivity index (χ3v) is 3.91. The van der Waals surface area contributed by atoms with E-state index in [1.807, 2.05) is 25.1 Å². The molecule has 2 aromatic carbocycles. The zero-order valence-electron chi connectivity index (χ0n) is 13.2. The van der Waals surface area contributed by atoms with Gasteiger partial charge in [-0.3, -0.25) is 0 Å². The number of phenols is 1. The van der Waals surface area contributed by atoms with Gasteiger partial charge < -0.3 is 14.8 Å². The lowest BCUT2D eigenvalue weighted by Gasteiger charge is -2.10. The third-order valence-electron chi connectivity index (χ3n) is 3.91. The number of hydrogen-bond donors (Lipinski definition) is 2. The molecule has 3 aromatic rings. The SMILES string of the molecule is CCc1cc2c(CNc3ccc(C#N)cc3)cc(=O)oc2cc1O. The summed E-state index contributed by atoms with van der Waals surface area (Å²) in [5.74, 6) is 0.130. The molecule has 0 bridgehead atoms. The Morgan fingerprint density at radius 3 is 2.58 bits per heavy atom. The lowest BCUT2D eigenvalue weighted by molar-refractivity contribution is 0.466. The average molecular weight is 320 g/mol. The van der Waals surface area contributed by atoms with E-state index in [2.05, 4.69) is 11.4 Å². The van der Waals surface area contributed by atoms with Crippen LogP contribution < -0.4 is 10.9 Å². The molecule has 24 heavy (non-hydrogen) atoms. The van der Waals surface area contributed by atoms with Crippen molar-refractivity contribution in [1.82, 2.24) is 0 Å². The fourth-order valence-corrected chi connectivity index (χ4v) is 2.60. The van der Waals surface area contributed by atoms with E-state index in [9.17, 15) is 9.90 Å². The van der Waals surface area contributed by atoms with Crippen molar-refractivity contribution in [2.24, 2.45) is 0 Å². The smallest absolute Gasteiger partial charge is 0.336 e. The molecule has 1 aromatic heterocycles. The maximum atomic E-state index is 11.8. The minimum Gasteiger partial charge on any atom is -0.508 e. The number of nitrogens with one attached hydrogen (secondary N) is 1. The minimum atomic E-state index is -0.456. The van der Waals surface area contributed by atoms with E-state index in [1.54, 1.807) is 12.1 Å². The Morgan fingerprint density at radius 1 is 1.17 bits per heavy atom. The average Bonchev–Trinajstić information content (AvgIpc) is 2.59.